The van der Waals surface area contributed by atoms with Gasteiger partial charge in [-0.1, -0.05) is 0 Å². The minimum absolute atomic E-state index is 0.0325. The Morgan fingerprint density at radius 3 is 2.39 bits per heavy atom. The number of ether oxygens (including phenoxy) is 3. The van der Waals surface area contributed by atoms with Gasteiger partial charge >= 0.3 is 5.97 Å². The molecule has 0 fully saturated rings. The monoisotopic (exact) mass is 256 g/mol. The molecule has 0 spiro atoms. The maximum atomic E-state index is 13.6. The van der Waals surface area contributed by atoms with E-state index in [1.165, 1.54) is 20.3 Å². The Labute approximate surface area is 103 Å². The molecule has 1 aromatic carbocycles. The largest absolute Gasteiger partial charge is 0.493 e. The Morgan fingerprint density at radius 2 is 1.89 bits per heavy atom. The van der Waals surface area contributed by atoms with Gasteiger partial charge in [-0.25, -0.2) is 9.18 Å². The van der Waals surface area contributed by atoms with Gasteiger partial charge in [-0.2, -0.15) is 0 Å². The summed E-state index contributed by atoms with van der Waals surface area (Å²) in [6, 6.07) is 2.13. The number of esters is 1. The molecular formula is C12H13FO5. The fourth-order valence-electron chi connectivity index (χ4n) is 1.36. The number of methoxy groups -OCH3 is 2. The molecule has 1 rings (SSSR count). The summed E-state index contributed by atoms with van der Waals surface area (Å²) in [6.45, 7) is 1.64. The van der Waals surface area contributed by atoms with Crippen molar-refractivity contribution in [2.24, 2.45) is 0 Å². The smallest absolute Gasteiger partial charge is 0.379 e. The predicted molar refractivity (Wildman–Crippen MR) is 60.5 cm³/mol. The van der Waals surface area contributed by atoms with Gasteiger partial charge in [0.1, 0.15) is 0 Å². The van der Waals surface area contributed by atoms with E-state index >= 15 is 0 Å². The number of ketones is 1. The number of benzene rings is 1. The minimum Gasteiger partial charge on any atom is -0.493 e. The molecule has 0 amide bonds. The van der Waals surface area contributed by atoms with Crippen LogP contribution in [0.1, 0.15) is 17.3 Å². The standard InChI is InChI=1S/C12H13FO5/c1-4-18-12(15)10(14)7-5-8(13)11(17-3)9(6-7)16-2/h5-6H,4H2,1-3H3. The van der Waals surface area contributed by atoms with Gasteiger partial charge in [0.2, 0.25) is 0 Å². The van der Waals surface area contributed by atoms with Gasteiger partial charge in [-0.3, -0.25) is 4.79 Å². The average molecular weight is 256 g/mol. The van der Waals surface area contributed by atoms with Crippen molar-refractivity contribution >= 4 is 11.8 Å². The quantitative estimate of drug-likeness (QED) is 0.455. The van der Waals surface area contributed by atoms with Crippen LogP contribution in [-0.4, -0.2) is 32.6 Å². The molecule has 0 saturated carbocycles. The van der Waals surface area contributed by atoms with Gasteiger partial charge < -0.3 is 14.2 Å². The van der Waals surface area contributed by atoms with E-state index in [0.717, 1.165) is 6.07 Å². The van der Waals surface area contributed by atoms with E-state index in [0.29, 0.717) is 0 Å². The molecule has 1 aromatic rings. The summed E-state index contributed by atoms with van der Waals surface area (Å²) in [5.41, 5.74) is -0.149. The van der Waals surface area contributed by atoms with E-state index in [-0.39, 0.29) is 23.7 Å². The van der Waals surface area contributed by atoms with E-state index in [9.17, 15) is 14.0 Å². The number of halogens is 1. The third kappa shape index (κ3) is 2.77. The van der Waals surface area contributed by atoms with Crippen LogP contribution in [0.25, 0.3) is 0 Å². The van der Waals surface area contributed by atoms with E-state index in [4.69, 9.17) is 9.47 Å². The summed E-state index contributed by atoms with van der Waals surface area (Å²) in [7, 11) is 2.57. The van der Waals surface area contributed by atoms with Crippen LogP contribution in [-0.2, 0) is 9.53 Å². The SMILES string of the molecule is CCOC(=O)C(=O)c1cc(F)c(OC)c(OC)c1. The third-order valence-electron chi connectivity index (χ3n) is 2.16. The molecule has 98 valence electrons. The summed E-state index contributed by atoms with van der Waals surface area (Å²) in [4.78, 5) is 22.9. The zero-order chi connectivity index (χ0) is 13.7. The zero-order valence-electron chi connectivity index (χ0n) is 10.3. The van der Waals surface area contributed by atoms with Crippen molar-refractivity contribution in [1.29, 1.82) is 0 Å². The number of hydrogen-bond donors (Lipinski definition) is 0. The lowest BCUT2D eigenvalue weighted by molar-refractivity contribution is -0.137. The second-order valence-electron chi connectivity index (χ2n) is 3.24. The Bertz CT molecular complexity index is 470. The van der Waals surface area contributed by atoms with E-state index in [1.54, 1.807) is 6.92 Å². The molecule has 0 bridgehead atoms. The average Bonchev–Trinajstić information content (AvgIpc) is 2.36. The van der Waals surface area contributed by atoms with Crippen molar-refractivity contribution in [2.45, 2.75) is 6.92 Å². The number of carbonyl (C=O) groups is 2. The summed E-state index contributed by atoms with van der Waals surface area (Å²) >= 11 is 0. The molecule has 0 N–H and O–H groups in total. The molecule has 0 aliphatic carbocycles. The molecule has 0 heterocycles. The summed E-state index contributed by atoms with van der Waals surface area (Å²) in [6.07, 6.45) is 0. The minimum atomic E-state index is -1.04. The van der Waals surface area contributed by atoms with E-state index in [1.807, 2.05) is 0 Å². The fraction of sp³-hybridized carbons (Fsp3) is 0.333. The maximum Gasteiger partial charge on any atom is 0.379 e. The first-order valence-corrected chi connectivity index (χ1v) is 5.18. The highest BCUT2D eigenvalue weighted by atomic mass is 19.1. The molecule has 0 saturated heterocycles. The van der Waals surface area contributed by atoms with Crippen molar-refractivity contribution in [3.05, 3.63) is 23.5 Å². The number of hydrogen-bond acceptors (Lipinski definition) is 5. The Hall–Kier alpha value is -2.11. The predicted octanol–water partition coefficient (Wildman–Crippen LogP) is 1.59. The van der Waals surface area contributed by atoms with Crippen LogP contribution >= 0.6 is 0 Å². The zero-order valence-corrected chi connectivity index (χ0v) is 10.3. The molecule has 0 unspecified atom stereocenters. The van der Waals surface area contributed by atoms with Crippen molar-refractivity contribution in [2.75, 3.05) is 20.8 Å². The van der Waals surface area contributed by atoms with Gasteiger partial charge in [0, 0.05) is 5.56 Å². The summed E-state index contributed by atoms with van der Waals surface area (Å²) in [5.74, 6) is -2.85. The normalized spacial score (nSPS) is 9.78. The first kappa shape index (κ1) is 14.0. The third-order valence-corrected chi connectivity index (χ3v) is 2.16. The second kappa shape index (κ2) is 6.00. The van der Waals surface area contributed by atoms with Crippen LogP contribution in [0.2, 0.25) is 0 Å². The Kier molecular flexibility index (Phi) is 4.65. The topological polar surface area (TPSA) is 61.8 Å². The number of carbonyl (C=O) groups excluding carboxylic acids is 2. The maximum absolute atomic E-state index is 13.6. The highest BCUT2D eigenvalue weighted by Crippen LogP contribution is 2.31. The van der Waals surface area contributed by atoms with Crippen molar-refractivity contribution < 1.29 is 28.2 Å². The van der Waals surface area contributed by atoms with Gasteiger partial charge in [0.25, 0.3) is 5.78 Å². The first-order chi connectivity index (χ1) is 8.54. The number of rotatable bonds is 5. The number of Topliss-reactive ketones (excluding diaryl/α,β-unsaturated/α-hetero) is 1. The Balaban J connectivity index is 3.15. The van der Waals surface area contributed by atoms with E-state index < -0.39 is 17.6 Å². The molecule has 0 radical (unpaired) electrons. The molecule has 5 nitrogen and oxygen atoms in total. The van der Waals surface area contributed by atoms with Crippen LogP contribution in [0.3, 0.4) is 0 Å². The first-order valence-electron chi connectivity index (χ1n) is 5.18. The summed E-state index contributed by atoms with van der Waals surface area (Å²) < 4.78 is 27.8. The lowest BCUT2D eigenvalue weighted by Gasteiger charge is -2.10. The molecule has 0 atom stereocenters. The molecule has 6 heteroatoms. The lowest BCUT2D eigenvalue weighted by atomic mass is 10.1. The fourth-order valence-corrected chi connectivity index (χ4v) is 1.36. The molecule has 0 aliphatic rings. The molecule has 18 heavy (non-hydrogen) atoms. The molecule has 0 aromatic heterocycles. The highest BCUT2D eigenvalue weighted by Gasteiger charge is 2.22. The van der Waals surface area contributed by atoms with Crippen LogP contribution in [0, 0.1) is 5.82 Å². The summed E-state index contributed by atoms with van der Waals surface area (Å²) in [5, 5.41) is 0. The highest BCUT2D eigenvalue weighted by molar-refractivity contribution is 6.40. The molecular weight excluding hydrogens is 243 g/mol. The van der Waals surface area contributed by atoms with Crippen molar-refractivity contribution in [3.63, 3.8) is 0 Å². The van der Waals surface area contributed by atoms with Gasteiger partial charge in [0.05, 0.1) is 20.8 Å². The van der Waals surface area contributed by atoms with Crippen LogP contribution in [0.4, 0.5) is 4.39 Å². The van der Waals surface area contributed by atoms with E-state index in [2.05, 4.69) is 4.74 Å². The van der Waals surface area contributed by atoms with Gasteiger partial charge in [0.15, 0.2) is 17.3 Å². The van der Waals surface area contributed by atoms with Crippen molar-refractivity contribution in [1.82, 2.24) is 0 Å². The van der Waals surface area contributed by atoms with Gasteiger partial charge in [-0.15, -0.1) is 0 Å². The second-order valence-corrected chi connectivity index (χ2v) is 3.24. The lowest BCUT2D eigenvalue weighted by Crippen LogP contribution is -2.17. The van der Waals surface area contributed by atoms with Crippen LogP contribution < -0.4 is 9.47 Å². The molecule has 0 aliphatic heterocycles. The Morgan fingerprint density at radius 1 is 1.22 bits per heavy atom. The van der Waals surface area contributed by atoms with Crippen molar-refractivity contribution in [3.8, 4) is 11.5 Å². The van der Waals surface area contributed by atoms with Gasteiger partial charge in [-0.05, 0) is 19.1 Å². The van der Waals surface area contributed by atoms with Crippen LogP contribution in [0.5, 0.6) is 11.5 Å². The van der Waals surface area contributed by atoms with Crippen LogP contribution in [0.15, 0.2) is 12.1 Å².